The fraction of sp³-hybridized carbons (Fsp3) is 0.571. The number of carbonyl (C=O) groups excluding carboxylic acids is 2. The van der Waals surface area contributed by atoms with E-state index in [0.29, 0.717) is 19.8 Å². The average molecular weight is 433 g/mol. The van der Waals surface area contributed by atoms with Crippen molar-refractivity contribution in [1.29, 1.82) is 0 Å². The summed E-state index contributed by atoms with van der Waals surface area (Å²) in [5.74, 6) is 0.194. The number of benzene rings is 1. The number of carbonyl (C=O) groups is 2. The van der Waals surface area contributed by atoms with E-state index >= 15 is 0 Å². The Morgan fingerprint density at radius 3 is 2.55 bits per heavy atom. The molecule has 3 heterocycles. The molecule has 4 rings (SSSR count). The summed E-state index contributed by atoms with van der Waals surface area (Å²) < 4.78 is 18.7. The smallest absolute Gasteiger partial charge is 0.325 e. The van der Waals surface area contributed by atoms with E-state index in [-0.39, 0.29) is 11.7 Å². The fourth-order valence-electron chi connectivity index (χ4n) is 4.28. The Bertz CT molecular complexity index is 840. The van der Waals surface area contributed by atoms with Crippen molar-refractivity contribution in [1.82, 2.24) is 24.9 Å². The molecule has 0 saturated carbocycles. The van der Waals surface area contributed by atoms with Gasteiger partial charge in [0, 0.05) is 52.9 Å². The molecule has 9 nitrogen and oxygen atoms in total. The SMILES string of the molecule is CCOCCN1C(N2CCN(Cc3ccc(F)cc3)CC2)=NC2C1C(=O)NC(=O)N2C. The average Bonchev–Trinajstić information content (AvgIpc) is 3.15. The summed E-state index contributed by atoms with van der Waals surface area (Å²) in [5.41, 5.74) is 1.08. The van der Waals surface area contributed by atoms with Gasteiger partial charge < -0.3 is 19.4 Å². The van der Waals surface area contributed by atoms with Crippen LogP contribution < -0.4 is 5.32 Å². The summed E-state index contributed by atoms with van der Waals surface area (Å²) in [6.07, 6.45) is -0.532. The van der Waals surface area contributed by atoms with Crippen molar-refractivity contribution in [3.63, 3.8) is 0 Å². The summed E-state index contributed by atoms with van der Waals surface area (Å²) in [7, 11) is 1.66. The van der Waals surface area contributed by atoms with Gasteiger partial charge in [-0.15, -0.1) is 0 Å². The van der Waals surface area contributed by atoms with Gasteiger partial charge in [0.15, 0.2) is 18.2 Å². The molecule has 1 aromatic carbocycles. The van der Waals surface area contributed by atoms with Gasteiger partial charge in [-0.25, -0.2) is 14.2 Å². The number of imide groups is 1. The summed E-state index contributed by atoms with van der Waals surface area (Å²) in [6.45, 7) is 7.46. The van der Waals surface area contributed by atoms with E-state index < -0.39 is 18.2 Å². The van der Waals surface area contributed by atoms with Crippen molar-refractivity contribution >= 4 is 17.9 Å². The minimum Gasteiger partial charge on any atom is -0.380 e. The summed E-state index contributed by atoms with van der Waals surface area (Å²) in [5, 5.41) is 2.42. The highest BCUT2D eigenvalue weighted by molar-refractivity contribution is 6.03. The van der Waals surface area contributed by atoms with E-state index in [0.717, 1.165) is 44.2 Å². The van der Waals surface area contributed by atoms with Gasteiger partial charge in [0.05, 0.1) is 6.61 Å². The van der Waals surface area contributed by atoms with Gasteiger partial charge in [0.2, 0.25) is 0 Å². The lowest BCUT2D eigenvalue weighted by Gasteiger charge is -2.40. The number of urea groups is 1. The van der Waals surface area contributed by atoms with Crippen molar-refractivity contribution in [3.05, 3.63) is 35.6 Å². The van der Waals surface area contributed by atoms with Gasteiger partial charge in [-0.05, 0) is 24.6 Å². The molecule has 0 radical (unpaired) electrons. The molecule has 3 amide bonds. The van der Waals surface area contributed by atoms with Crippen molar-refractivity contribution in [2.45, 2.75) is 25.7 Å². The molecule has 3 aliphatic rings. The van der Waals surface area contributed by atoms with E-state index in [9.17, 15) is 14.0 Å². The number of aliphatic imine (C=N–C) groups is 1. The molecule has 1 N–H and O–H groups in total. The maximum absolute atomic E-state index is 13.1. The van der Waals surface area contributed by atoms with Crippen LogP contribution in [0.3, 0.4) is 0 Å². The lowest BCUT2D eigenvalue weighted by molar-refractivity contribution is -0.127. The quantitative estimate of drug-likeness (QED) is 0.661. The number of nitrogens with one attached hydrogen (secondary N) is 1. The number of amides is 3. The molecule has 0 aromatic heterocycles. The summed E-state index contributed by atoms with van der Waals surface area (Å²) in [6, 6.07) is 5.63. The number of likely N-dealkylation sites (N-methyl/N-ethyl adjacent to an activating group) is 1. The molecule has 0 aliphatic carbocycles. The monoisotopic (exact) mass is 432 g/mol. The molecule has 1 aromatic rings. The van der Waals surface area contributed by atoms with Crippen LogP contribution in [0.1, 0.15) is 12.5 Å². The van der Waals surface area contributed by atoms with Crippen LogP contribution in [-0.2, 0) is 16.1 Å². The Kier molecular flexibility index (Phi) is 6.38. The number of nitrogens with zero attached hydrogens (tertiary/aromatic N) is 5. The summed E-state index contributed by atoms with van der Waals surface area (Å²) >= 11 is 0. The lowest BCUT2D eigenvalue weighted by atomic mass is 10.1. The Balaban J connectivity index is 1.44. The molecule has 31 heavy (non-hydrogen) atoms. The molecule has 168 valence electrons. The van der Waals surface area contributed by atoms with Crippen molar-refractivity contribution in [3.8, 4) is 0 Å². The van der Waals surface area contributed by atoms with Crippen LogP contribution in [0.15, 0.2) is 29.3 Å². The molecule has 3 aliphatic heterocycles. The summed E-state index contributed by atoms with van der Waals surface area (Å²) in [4.78, 5) is 37.4. The molecular formula is C21H29FN6O3. The van der Waals surface area contributed by atoms with E-state index in [1.54, 1.807) is 7.05 Å². The predicted molar refractivity (Wildman–Crippen MR) is 113 cm³/mol. The molecule has 2 saturated heterocycles. The molecule has 2 fully saturated rings. The van der Waals surface area contributed by atoms with E-state index in [4.69, 9.17) is 9.73 Å². The first kappa shape index (κ1) is 21.5. The van der Waals surface area contributed by atoms with Gasteiger partial charge in [-0.2, -0.15) is 0 Å². The highest BCUT2D eigenvalue weighted by Gasteiger charge is 2.49. The first-order chi connectivity index (χ1) is 15.0. The van der Waals surface area contributed by atoms with Gasteiger partial charge >= 0.3 is 6.03 Å². The van der Waals surface area contributed by atoms with Crippen LogP contribution in [0.2, 0.25) is 0 Å². The number of fused-ring (bicyclic) bond motifs is 1. The number of halogens is 1. The van der Waals surface area contributed by atoms with Gasteiger partial charge in [-0.1, -0.05) is 12.1 Å². The second-order valence-electron chi connectivity index (χ2n) is 7.97. The van der Waals surface area contributed by atoms with Crippen molar-refractivity contribution in [2.75, 3.05) is 53.0 Å². The van der Waals surface area contributed by atoms with Crippen LogP contribution in [0.4, 0.5) is 9.18 Å². The van der Waals surface area contributed by atoms with Crippen molar-refractivity contribution in [2.24, 2.45) is 4.99 Å². The number of guanidine groups is 1. The van der Waals surface area contributed by atoms with Gasteiger partial charge in [-0.3, -0.25) is 15.0 Å². The van der Waals surface area contributed by atoms with Gasteiger partial charge in [0.1, 0.15) is 5.82 Å². The number of piperazine rings is 1. The molecular weight excluding hydrogens is 403 g/mol. The number of rotatable bonds is 6. The first-order valence-electron chi connectivity index (χ1n) is 10.7. The maximum Gasteiger partial charge on any atom is 0.325 e. The third-order valence-electron chi connectivity index (χ3n) is 5.99. The van der Waals surface area contributed by atoms with Crippen LogP contribution >= 0.6 is 0 Å². The molecule has 2 unspecified atom stereocenters. The number of hydrogen-bond donors (Lipinski definition) is 1. The highest BCUT2D eigenvalue weighted by atomic mass is 19.1. The Morgan fingerprint density at radius 1 is 1.16 bits per heavy atom. The third kappa shape index (κ3) is 4.49. The minimum absolute atomic E-state index is 0.228. The zero-order chi connectivity index (χ0) is 22.0. The number of ether oxygens (including phenoxy) is 1. The predicted octanol–water partition coefficient (Wildman–Crippen LogP) is 0.528. The van der Waals surface area contributed by atoms with E-state index in [1.807, 2.05) is 24.0 Å². The number of hydrogen-bond acceptors (Lipinski definition) is 7. The maximum atomic E-state index is 13.1. The highest BCUT2D eigenvalue weighted by Crippen LogP contribution is 2.26. The standard InChI is InChI=1S/C21H29FN6O3/c1-3-31-13-12-28-17-18(25(2)21(30)24-19(17)29)23-20(28)27-10-8-26(9-11-27)14-15-4-6-16(22)7-5-15/h4-7,17-18H,3,8-14H2,1-2H3,(H,24,29,30). The normalized spacial score (nSPS) is 24.4. The van der Waals surface area contributed by atoms with Crippen LogP contribution in [-0.4, -0.2) is 103 Å². The second-order valence-corrected chi connectivity index (χ2v) is 7.97. The van der Waals surface area contributed by atoms with Crippen LogP contribution in [0, 0.1) is 5.82 Å². The molecule has 10 heteroatoms. The topological polar surface area (TPSA) is 80.7 Å². The third-order valence-corrected chi connectivity index (χ3v) is 5.99. The van der Waals surface area contributed by atoms with E-state index in [2.05, 4.69) is 15.1 Å². The molecule has 2 atom stereocenters. The van der Waals surface area contributed by atoms with E-state index in [1.165, 1.54) is 17.0 Å². The second kappa shape index (κ2) is 9.19. The zero-order valence-corrected chi connectivity index (χ0v) is 18.0. The Morgan fingerprint density at radius 2 is 1.87 bits per heavy atom. The Labute approximate surface area is 181 Å². The van der Waals surface area contributed by atoms with Crippen LogP contribution in [0.25, 0.3) is 0 Å². The fourth-order valence-corrected chi connectivity index (χ4v) is 4.28. The first-order valence-corrected chi connectivity index (χ1v) is 10.7. The largest absolute Gasteiger partial charge is 0.380 e. The van der Waals surface area contributed by atoms with Gasteiger partial charge in [0.25, 0.3) is 5.91 Å². The molecule has 0 bridgehead atoms. The Hall–Kier alpha value is -2.72. The minimum atomic E-state index is -0.546. The lowest BCUT2D eigenvalue weighted by Crippen LogP contribution is -2.65. The van der Waals surface area contributed by atoms with Crippen molar-refractivity contribution < 1.29 is 18.7 Å². The van der Waals surface area contributed by atoms with Crippen LogP contribution in [0.5, 0.6) is 0 Å². The zero-order valence-electron chi connectivity index (χ0n) is 18.0. The molecule has 0 spiro atoms.